The summed E-state index contributed by atoms with van der Waals surface area (Å²) in [6, 6.07) is 8.94. The molecule has 2 aromatic rings. The maximum absolute atomic E-state index is 12.6. The molecule has 2 heterocycles. The lowest BCUT2D eigenvalue weighted by Gasteiger charge is -2.26. The summed E-state index contributed by atoms with van der Waals surface area (Å²) < 4.78 is 40.8. The van der Waals surface area contributed by atoms with E-state index in [1.165, 1.54) is 18.9 Å². The number of guanidine groups is 1. The van der Waals surface area contributed by atoms with Gasteiger partial charge in [-0.1, -0.05) is 6.07 Å². The number of likely N-dealkylation sites (tertiary alicyclic amines) is 1. The van der Waals surface area contributed by atoms with Crippen molar-refractivity contribution < 1.29 is 22.7 Å². The molecule has 0 amide bonds. The lowest BCUT2D eigenvalue weighted by atomic mass is 10.2. The molecule has 0 radical (unpaired) electrons. The first-order chi connectivity index (χ1) is 15.1. The third-order valence-electron chi connectivity index (χ3n) is 5.12. The molecule has 1 aliphatic rings. The van der Waals surface area contributed by atoms with Gasteiger partial charge in [-0.2, -0.15) is 8.78 Å². The van der Waals surface area contributed by atoms with Gasteiger partial charge in [-0.3, -0.25) is 9.89 Å². The van der Waals surface area contributed by atoms with Crippen molar-refractivity contribution in [3.8, 4) is 11.5 Å². The van der Waals surface area contributed by atoms with Crippen LogP contribution in [0, 0.1) is 0 Å². The van der Waals surface area contributed by atoms with E-state index in [9.17, 15) is 8.78 Å². The van der Waals surface area contributed by atoms with E-state index in [1.807, 2.05) is 12.1 Å². The number of ether oxygens (including phenoxy) is 2. The number of alkyl halides is 2. The molecule has 1 aliphatic heterocycles. The summed E-state index contributed by atoms with van der Waals surface area (Å²) >= 11 is 0. The largest absolute Gasteiger partial charge is 0.490 e. The van der Waals surface area contributed by atoms with Gasteiger partial charge in [0.15, 0.2) is 17.5 Å². The smallest absolute Gasteiger partial charge is 0.387 e. The van der Waals surface area contributed by atoms with E-state index in [4.69, 9.17) is 9.15 Å². The first kappa shape index (κ1) is 22.9. The highest BCUT2D eigenvalue weighted by Gasteiger charge is 2.25. The van der Waals surface area contributed by atoms with Gasteiger partial charge in [0, 0.05) is 20.1 Å². The van der Waals surface area contributed by atoms with Crippen LogP contribution in [0.5, 0.6) is 11.5 Å². The van der Waals surface area contributed by atoms with Crippen LogP contribution in [-0.2, 0) is 6.54 Å². The van der Waals surface area contributed by atoms with Crippen molar-refractivity contribution in [1.82, 2.24) is 15.5 Å². The molecule has 9 heteroatoms. The molecule has 1 fully saturated rings. The first-order valence-corrected chi connectivity index (χ1v) is 10.5. The highest BCUT2D eigenvalue weighted by atomic mass is 19.3. The fourth-order valence-corrected chi connectivity index (χ4v) is 3.67. The van der Waals surface area contributed by atoms with Gasteiger partial charge in [0.1, 0.15) is 5.76 Å². The van der Waals surface area contributed by atoms with Crippen molar-refractivity contribution in [2.45, 2.75) is 39.0 Å². The molecule has 1 saturated heterocycles. The molecule has 1 atom stereocenters. The van der Waals surface area contributed by atoms with Crippen molar-refractivity contribution in [1.29, 1.82) is 0 Å². The van der Waals surface area contributed by atoms with Crippen LogP contribution in [-0.4, -0.2) is 50.8 Å². The Morgan fingerprint density at radius 3 is 2.65 bits per heavy atom. The molecule has 0 aliphatic carbocycles. The minimum atomic E-state index is -2.90. The lowest BCUT2D eigenvalue weighted by Crippen LogP contribution is -2.42. The van der Waals surface area contributed by atoms with Crippen LogP contribution in [0.15, 0.2) is 46.0 Å². The Balaban J connectivity index is 1.59. The standard InChI is InChI=1S/C22H30F2N4O3/c1-3-29-20-13-16(8-9-19(20)31-21(23)24)14-26-22(25-2)27-15-17(18-7-6-12-30-18)28-10-4-5-11-28/h6-9,12-13,17,21H,3-5,10-11,14-15H2,1-2H3,(H2,25,26,27). The summed E-state index contributed by atoms with van der Waals surface area (Å²) in [6.45, 7) is 2.44. The van der Waals surface area contributed by atoms with Crippen molar-refractivity contribution in [2.75, 3.05) is 33.3 Å². The molecule has 0 spiro atoms. The zero-order chi connectivity index (χ0) is 22.1. The van der Waals surface area contributed by atoms with Gasteiger partial charge in [0.2, 0.25) is 0 Å². The highest BCUT2D eigenvalue weighted by Crippen LogP contribution is 2.30. The Morgan fingerprint density at radius 1 is 1.19 bits per heavy atom. The van der Waals surface area contributed by atoms with Crippen LogP contribution in [0.1, 0.15) is 37.1 Å². The molecule has 1 aromatic carbocycles. The zero-order valence-corrected chi connectivity index (χ0v) is 17.9. The van der Waals surface area contributed by atoms with E-state index < -0.39 is 6.61 Å². The molecule has 2 N–H and O–H groups in total. The number of halogens is 2. The molecule has 0 saturated carbocycles. The molecule has 0 bridgehead atoms. The minimum Gasteiger partial charge on any atom is -0.490 e. The highest BCUT2D eigenvalue weighted by molar-refractivity contribution is 5.79. The molecule has 7 nitrogen and oxygen atoms in total. The van der Waals surface area contributed by atoms with Crippen LogP contribution < -0.4 is 20.1 Å². The molecular formula is C22H30F2N4O3. The van der Waals surface area contributed by atoms with Gasteiger partial charge < -0.3 is 24.5 Å². The average Bonchev–Trinajstić information content (AvgIpc) is 3.47. The Bertz CT molecular complexity index is 824. The lowest BCUT2D eigenvalue weighted by molar-refractivity contribution is -0.0514. The van der Waals surface area contributed by atoms with E-state index in [-0.39, 0.29) is 17.5 Å². The van der Waals surface area contributed by atoms with Gasteiger partial charge >= 0.3 is 6.61 Å². The van der Waals surface area contributed by atoms with Gasteiger partial charge in [-0.15, -0.1) is 0 Å². The van der Waals surface area contributed by atoms with Crippen molar-refractivity contribution in [3.63, 3.8) is 0 Å². The van der Waals surface area contributed by atoms with E-state index >= 15 is 0 Å². The molecule has 1 aromatic heterocycles. The SMILES string of the molecule is CCOc1cc(CNC(=NC)NCC(c2ccco2)N2CCCC2)ccc1OC(F)F. The van der Waals surface area contributed by atoms with Crippen molar-refractivity contribution in [3.05, 3.63) is 47.9 Å². The van der Waals surface area contributed by atoms with Crippen LogP contribution >= 0.6 is 0 Å². The molecule has 31 heavy (non-hydrogen) atoms. The predicted octanol–water partition coefficient (Wildman–Crippen LogP) is 3.78. The Kier molecular flexibility index (Phi) is 8.52. The van der Waals surface area contributed by atoms with Gasteiger partial charge in [0.25, 0.3) is 0 Å². The monoisotopic (exact) mass is 436 g/mol. The molecular weight excluding hydrogens is 406 g/mol. The topological polar surface area (TPSA) is 71.3 Å². The number of aliphatic imine (C=N–C) groups is 1. The number of hydrogen-bond donors (Lipinski definition) is 2. The second-order valence-electron chi connectivity index (χ2n) is 7.17. The Labute approximate surface area is 181 Å². The van der Waals surface area contributed by atoms with Gasteiger partial charge in [-0.25, -0.2) is 0 Å². The van der Waals surface area contributed by atoms with E-state index in [2.05, 4.69) is 25.3 Å². The van der Waals surface area contributed by atoms with Crippen LogP contribution in [0.2, 0.25) is 0 Å². The summed E-state index contributed by atoms with van der Waals surface area (Å²) in [4.78, 5) is 6.70. The third-order valence-corrected chi connectivity index (χ3v) is 5.12. The normalized spacial score (nSPS) is 15.8. The van der Waals surface area contributed by atoms with Crippen LogP contribution in [0.3, 0.4) is 0 Å². The second kappa shape index (κ2) is 11.5. The number of benzene rings is 1. The van der Waals surface area contributed by atoms with E-state index in [0.29, 0.717) is 25.7 Å². The van der Waals surface area contributed by atoms with Gasteiger partial charge in [0.05, 0.1) is 18.9 Å². The van der Waals surface area contributed by atoms with Crippen LogP contribution in [0.25, 0.3) is 0 Å². The second-order valence-corrected chi connectivity index (χ2v) is 7.17. The predicted molar refractivity (Wildman–Crippen MR) is 115 cm³/mol. The van der Waals surface area contributed by atoms with Crippen molar-refractivity contribution in [2.24, 2.45) is 4.99 Å². The number of hydrogen-bond acceptors (Lipinski definition) is 5. The van der Waals surface area contributed by atoms with Crippen LogP contribution in [0.4, 0.5) is 8.78 Å². The van der Waals surface area contributed by atoms with E-state index in [1.54, 1.807) is 32.4 Å². The molecule has 3 rings (SSSR count). The van der Waals surface area contributed by atoms with Gasteiger partial charge in [-0.05, 0) is 62.7 Å². The van der Waals surface area contributed by atoms with Crippen molar-refractivity contribution >= 4 is 5.96 Å². The number of nitrogens with one attached hydrogen (secondary N) is 2. The number of furan rings is 1. The zero-order valence-electron chi connectivity index (χ0n) is 17.9. The summed E-state index contributed by atoms with van der Waals surface area (Å²) in [6.07, 6.45) is 4.08. The summed E-state index contributed by atoms with van der Waals surface area (Å²) in [7, 11) is 1.71. The quantitative estimate of drug-likeness (QED) is 0.436. The summed E-state index contributed by atoms with van der Waals surface area (Å²) in [5, 5.41) is 6.62. The fourth-order valence-electron chi connectivity index (χ4n) is 3.67. The number of nitrogens with zero attached hydrogens (tertiary/aromatic N) is 2. The van der Waals surface area contributed by atoms with E-state index in [0.717, 1.165) is 24.4 Å². The molecule has 170 valence electrons. The fraction of sp³-hybridized carbons (Fsp3) is 0.500. The number of rotatable bonds is 10. The average molecular weight is 437 g/mol. The molecule has 1 unspecified atom stereocenters. The first-order valence-electron chi connectivity index (χ1n) is 10.5. The summed E-state index contributed by atoms with van der Waals surface area (Å²) in [5.41, 5.74) is 0.857. The minimum absolute atomic E-state index is 0.0232. The summed E-state index contributed by atoms with van der Waals surface area (Å²) in [5.74, 6) is 1.88. The maximum atomic E-state index is 12.6. The Morgan fingerprint density at radius 2 is 2.00 bits per heavy atom. The maximum Gasteiger partial charge on any atom is 0.387 e. The third kappa shape index (κ3) is 6.58. The Hall–Kier alpha value is -2.81.